The van der Waals surface area contributed by atoms with Crippen LogP contribution < -0.4 is 15.0 Å². The maximum absolute atomic E-state index is 12.9. The minimum atomic E-state index is -0.545. The van der Waals surface area contributed by atoms with Crippen LogP contribution in [0.25, 0.3) is 0 Å². The van der Waals surface area contributed by atoms with E-state index in [2.05, 4.69) is 10.3 Å². The lowest BCUT2D eigenvalue weighted by molar-refractivity contribution is -0.122. The van der Waals surface area contributed by atoms with E-state index in [1.165, 1.54) is 22.4 Å². The van der Waals surface area contributed by atoms with Crippen molar-refractivity contribution in [2.24, 2.45) is 5.92 Å². The molecule has 2 aliphatic rings. The van der Waals surface area contributed by atoms with Gasteiger partial charge in [-0.3, -0.25) is 24.1 Å². The Morgan fingerprint density at radius 1 is 1.14 bits per heavy atom. The van der Waals surface area contributed by atoms with E-state index in [1.807, 2.05) is 19.1 Å². The molecule has 2 aromatic carbocycles. The third-order valence-corrected chi connectivity index (χ3v) is 6.99. The number of thiazole rings is 1. The molecule has 0 radical (unpaired) electrons. The number of hydrogen-bond donors (Lipinski definition) is 1. The van der Waals surface area contributed by atoms with Gasteiger partial charge in [0.25, 0.3) is 11.8 Å². The first-order valence-electron chi connectivity index (χ1n) is 11.0. The van der Waals surface area contributed by atoms with E-state index in [4.69, 9.17) is 4.74 Å². The lowest BCUT2D eigenvalue weighted by Gasteiger charge is -2.20. The van der Waals surface area contributed by atoms with E-state index in [-0.39, 0.29) is 43.1 Å². The number of aryl methyl sites for hydroxylation is 1. The molecule has 1 fully saturated rings. The molecule has 0 spiro atoms. The molecule has 9 nitrogen and oxygen atoms in total. The fraction of sp³-hybridized carbons (Fsp3) is 0.240. The molecule has 0 aliphatic carbocycles. The van der Waals surface area contributed by atoms with Crippen molar-refractivity contribution in [3.63, 3.8) is 0 Å². The van der Waals surface area contributed by atoms with Gasteiger partial charge in [0, 0.05) is 24.0 Å². The molecule has 5 rings (SSSR count). The number of amides is 4. The van der Waals surface area contributed by atoms with Gasteiger partial charge in [-0.05, 0) is 36.8 Å². The number of nitrogens with one attached hydrogen (secondary N) is 1. The number of fused-ring (bicyclic) bond motifs is 1. The second-order valence-electron chi connectivity index (χ2n) is 8.44. The summed E-state index contributed by atoms with van der Waals surface area (Å²) in [5.74, 6) is -1.13. The second-order valence-corrected chi connectivity index (χ2v) is 9.56. The first-order valence-corrected chi connectivity index (χ1v) is 11.8. The largest absolute Gasteiger partial charge is 0.495 e. The number of benzene rings is 2. The zero-order valence-corrected chi connectivity index (χ0v) is 19.9. The van der Waals surface area contributed by atoms with Crippen LogP contribution in [0.2, 0.25) is 0 Å². The third kappa shape index (κ3) is 4.17. The summed E-state index contributed by atoms with van der Waals surface area (Å²) < 4.78 is 5.39. The average molecular weight is 491 g/mol. The van der Waals surface area contributed by atoms with Gasteiger partial charge in [-0.2, -0.15) is 0 Å². The van der Waals surface area contributed by atoms with Crippen LogP contribution in [-0.2, 0) is 16.1 Å². The summed E-state index contributed by atoms with van der Waals surface area (Å²) in [5.41, 5.74) is 2.40. The van der Waals surface area contributed by atoms with Crippen LogP contribution in [0.5, 0.6) is 5.75 Å². The smallest absolute Gasteiger partial charge is 0.261 e. The molecule has 2 aliphatic heterocycles. The highest BCUT2D eigenvalue weighted by atomic mass is 32.1. The number of ether oxygens (including phenoxy) is 1. The van der Waals surface area contributed by atoms with E-state index < -0.39 is 5.92 Å². The molecule has 178 valence electrons. The molecule has 3 aromatic rings. The Labute approximate surface area is 205 Å². The van der Waals surface area contributed by atoms with Gasteiger partial charge in [0.2, 0.25) is 11.8 Å². The zero-order chi connectivity index (χ0) is 24.7. The van der Waals surface area contributed by atoms with Crippen molar-refractivity contribution in [2.75, 3.05) is 23.9 Å². The van der Waals surface area contributed by atoms with Crippen molar-refractivity contribution in [2.45, 2.75) is 19.9 Å². The predicted molar refractivity (Wildman–Crippen MR) is 130 cm³/mol. The summed E-state index contributed by atoms with van der Waals surface area (Å²) in [7, 11) is 1.54. The summed E-state index contributed by atoms with van der Waals surface area (Å²) in [6, 6.07) is 12.3. The van der Waals surface area contributed by atoms with Gasteiger partial charge in [-0.1, -0.05) is 29.5 Å². The van der Waals surface area contributed by atoms with Gasteiger partial charge in [-0.25, -0.2) is 4.98 Å². The SMILES string of the molecule is COc1ccc(C)cc1N1CC(C(=O)Nc2ncc(CN3C(=O)c4ccccc4C3=O)s2)CC1=O. The standard InChI is InChI=1S/C25H22N4O5S/c1-14-7-8-20(34-2)19(9-14)28-12-15(10-21(28)30)22(31)27-25-26-11-16(35-25)13-29-23(32)17-5-3-4-6-18(17)24(29)33/h3-9,11,15H,10,12-13H2,1-2H3,(H,26,27,31). The van der Waals surface area contributed by atoms with Gasteiger partial charge in [0.1, 0.15) is 5.75 Å². The van der Waals surface area contributed by atoms with Crippen molar-refractivity contribution < 1.29 is 23.9 Å². The van der Waals surface area contributed by atoms with E-state index in [0.29, 0.717) is 32.6 Å². The van der Waals surface area contributed by atoms with E-state index in [1.54, 1.807) is 42.3 Å². The number of carbonyl (C=O) groups excluding carboxylic acids is 4. The van der Waals surface area contributed by atoms with Gasteiger partial charge in [0.05, 0.1) is 36.4 Å². The minimum Gasteiger partial charge on any atom is -0.495 e. The van der Waals surface area contributed by atoms with E-state index in [9.17, 15) is 19.2 Å². The highest BCUT2D eigenvalue weighted by Crippen LogP contribution is 2.34. The number of carbonyl (C=O) groups is 4. The van der Waals surface area contributed by atoms with Gasteiger partial charge in [0.15, 0.2) is 5.13 Å². The minimum absolute atomic E-state index is 0.0722. The van der Waals surface area contributed by atoms with Crippen molar-refractivity contribution in [1.82, 2.24) is 9.88 Å². The van der Waals surface area contributed by atoms with Crippen LogP contribution >= 0.6 is 11.3 Å². The number of imide groups is 1. The molecular weight excluding hydrogens is 468 g/mol. The third-order valence-electron chi connectivity index (χ3n) is 6.10. The highest BCUT2D eigenvalue weighted by molar-refractivity contribution is 7.15. The molecule has 1 atom stereocenters. The molecule has 1 saturated heterocycles. The number of rotatable bonds is 6. The average Bonchev–Trinajstić information content (AvgIpc) is 3.53. The summed E-state index contributed by atoms with van der Waals surface area (Å²) in [6.45, 7) is 2.23. The Morgan fingerprint density at radius 2 is 1.86 bits per heavy atom. The monoisotopic (exact) mass is 490 g/mol. The zero-order valence-electron chi connectivity index (χ0n) is 19.1. The molecule has 3 heterocycles. The molecule has 4 amide bonds. The molecule has 1 unspecified atom stereocenters. The van der Waals surface area contributed by atoms with Crippen LogP contribution in [0.3, 0.4) is 0 Å². The molecular formula is C25H22N4O5S. The first kappa shape index (κ1) is 22.7. The summed E-state index contributed by atoms with van der Waals surface area (Å²) in [6.07, 6.45) is 1.61. The summed E-state index contributed by atoms with van der Waals surface area (Å²) >= 11 is 1.19. The van der Waals surface area contributed by atoms with Crippen LogP contribution in [-0.4, -0.2) is 47.2 Å². The van der Waals surface area contributed by atoms with Crippen molar-refractivity contribution in [1.29, 1.82) is 0 Å². The quantitative estimate of drug-likeness (QED) is 0.532. The fourth-order valence-corrected chi connectivity index (χ4v) is 5.12. The Balaban J connectivity index is 1.24. The van der Waals surface area contributed by atoms with Gasteiger partial charge in [-0.15, -0.1) is 0 Å². The van der Waals surface area contributed by atoms with Gasteiger partial charge >= 0.3 is 0 Å². The summed E-state index contributed by atoms with van der Waals surface area (Å²) in [5, 5.41) is 3.12. The Bertz CT molecular complexity index is 1330. The van der Waals surface area contributed by atoms with Crippen LogP contribution in [0.15, 0.2) is 48.7 Å². The van der Waals surface area contributed by atoms with Crippen LogP contribution in [0.4, 0.5) is 10.8 Å². The molecule has 10 heteroatoms. The molecule has 1 aromatic heterocycles. The van der Waals surface area contributed by atoms with Crippen LogP contribution in [0.1, 0.15) is 37.6 Å². The lowest BCUT2D eigenvalue weighted by atomic mass is 10.1. The number of anilines is 2. The number of aromatic nitrogens is 1. The van der Waals surface area contributed by atoms with Crippen molar-refractivity contribution in [3.8, 4) is 5.75 Å². The maximum Gasteiger partial charge on any atom is 0.261 e. The molecule has 0 bridgehead atoms. The maximum atomic E-state index is 12.9. The molecule has 35 heavy (non-hydrogen) atoms. The predicted octanol–water partition coefficient (Wildman–Crippen LogP) is 3.25. The van der Waals surface area contributed by atoms with Crippen molar-refractivity contribution in [3.05, 3.63) is 70.2 Å². The summed E-state index contributed by atoms with van der Waals surface area (Å²) in [4.78, 5) is 58.4. The topological polar surface area (TPSA) is 109 Å². The lowest BCUT2D eigenvalue weighted by Crippen LogP contribution is -2.28. The fourth-order valence-electron chi connectivity index (χ4n) is 4.31. The highest BCUT2D eigenvalue weighted by Gasteiger charge is 2.37. The van der Waals surface area contributed by atoms with Gasteiger partial charge < -0.3 is 15.0 Å². The molecule has 0 saturated carbocycles. The number of nitrogens with zero attached hydrogens (tertiary/aromatic N) is 3. The Kier molecular flexibility index (Phi) is 5.81. The Morgan fingerprint density at radius 3 is 2.54 bits per heavy atom. The number of hydrogen-bond acceptors (Lipinski definition) is 7. The van der Waals surface area contributed by atoms with E-state index in [0.717, 1.165) is 5.56 Å². The number of methoxy groups -OCH3 is 1. The normalized spacial score (nSPS) is 17.2. The van der Waals surface area contributed by atoms with Crippen LogP contribution in [0, 0.1) is 12.8 Å². The van der Waals surface area contributed by atoms with E-state index >= 15 is 0 Å². The second kappa shape index (κ2) is 8.95. The van der Waals surface area contributed by atoms with Crippen molar-refractivity contribution >= 4 is 45.8 Å². The molecule has 1 N–H and O–H groups in total. The Hall–Kier alpha value is -4.05. The first-order chi connectivity index (χ1) is 16.9.